The third kappa shape index (κ3) is 3.78. The normalized spacial score (nSPS) is 24.5. The van der Waals surface area contributed by atoms with Crippen LogP contribution in [0.5, 0.6) is 0 Å². The number of urea groups is 1. The van der Waals surface area contributed by atoms with E-state index in [1.54, 1.807) is 6.92 Å². The minimum Gasteiger partial charge on any atom is -0.376 e. The van der Waals surface area contributed by atoms with E-state index in [0.717, 1.165) is 4.68 Å². The Labute approximate surface area is 184 Å². The predicted molar refractivity (Wildman–Crippen MR) is 109 cm³/mol. The van der Waals surface area contributed by atoms with Gasteiger partial charge < -0.3 is 15.3 Å². The van der Waals surface area contributed by atoms with Crippen LogP contribution in [0.15, 0.2) is 16.9 Å². The third-order valence-electron chi connectivity index (χ3n) is 5.71. The molecule has 4 rings (SSSR count). The van der Waals surface area contributed by atoms with Gasteiger partial charge in [0.15, 0.2) is 5.82 Å². The molecule has 2 amide bonds. The highest BCUT2D eigenvalue weighted by molar-refractivity contribution is 9.10. The van der Waals surface area contributed by atoms with Gasteiger partial charge in [-0.1, -0.05) is 5.92 Å². The predicted octanol–water partition coefficient (Wildman–Crippen LogP) is 3.41. The second kappa shape index (κ2) is 7.53. The number of carbonyl (C=O) groups excluding carboxylic acids is 1. The molecule has 0 saturated carbocycles. The van der Waals surface area contributed by atoms with Crippen LogP contribution in [0.4, 0.5) is 23.7 Å². The van der Waals surface area contributed by atoms with Crippen molar-refractivity contribution in [2.24, 2.45) is 0 Å². The van der Waals surface area contributed by atoms with Crippen LogP contribution in [0, 0.1) is 18.2 Å². The highest BCUT2D eigenvalue weighted by Crippen LogP contribution is 2.43. The van der Waals surface area contributed by atoms with E-state index in [1.807, 2.05) is 0 Å². The van der Waals surface area contributed by atoms with Crippen molar-refractivity contribution in [3.8, 4) is 12.3 Å². The Hall–Kier alpha value is -2.58. The fourth-order valence-electron chi connectivity index (χ4n) is 4.02. The summed E-state index contributed by atoms with van der Waals surface area (Å²) in [4.78, 5) is 17.9. The number of nitrogens with zero attached hydrogens (tertiary/aromatic N) is 4. The van der Waals surface area contributed by atoms with Crippen molar-refractivity contribution < 1.29 is 23.1 Å². The molecule has 0 fully saturated rings. The molecule has 0 spiro atoms. The molecule has 2 aromatic rings. The van der Waals surface area contributed by atoms with E-state index in [9.17, 15) is 14.3 Å². The van der Waals surface area contributed by atoms with Crippen molar-refractivity contribution in [3.63, 3.8) is 0 Å². The van der Waals surface area contributed by atoms with Crippen molar-refractivity contribution in [2.75, 3.05) is 5.32 Å². The zero-order chi connectivity index (χ0) is 22.6. The summed E-state index contributed by atoms with van der Waals surface area (Å²) >= 11 is 2.96. The lowest BCUT2D eigenvalue weighted by atomic mass is 9.94. The molecule has 11 heteroatoms. The average molecular weight is 498 g/mol. The van der Waals surface area contributed by atoms with Crippen molar-refractivity contribution >= 4 is 27.6 Å². The van der Waals surface area contributed by atoms with E-state index >= 15 is 8.78 Å². The van der Waals surface area contributed by atoms with Crippen LogP contribution < -0.4 is 5.32 Å². The van der Waals surface area contributed by atoms with Gasteiger partial charge in [0, 0.05) is 30.6 Å². The minimum atomic E-state index is -3.27. The first-order valence-electron chi connectivity index (χ1n) is 9.59. The molecule has 2 unspecified atom stereocenters. The third-order valence-corrected chi connectivity index (χ3v) is 6.26. The van der Waals surface area contributed by atoms with E-state index in [0.29, 0.717) is 5.69 Å². The number of terminal acetylenes is 1. The lowest BCUT2D eigenvalue weighted by Gasteiger charge is -2.33. The van der Waals surface area contributed by atoms with Crippen LogP contribution in [0.25, 0.3) is 0 Å². The van der Waals surface area contributed by atoms with Crippen molar-refractivity contribution in [1.82, 2.24) is 19.7 Å². The topological polar surface area (TPSA) is 83.3 Å². The summed E-state index contributed by atoms with van der Waals surface area (Å²) in [5.41, 5.74) is -1.47. The van der Waals surface area contributed by atoms with Crippen LogP contribution in [0.1, 0.15) is 36.7 Å². The summed E-state index contributed by atoms with van der Waals surface area (Å²) in [6.07, 6.45) is 6.02. The van der Waals surface area contributed by atoms with Crippen LogP contribution in [-0.4, -0.2) is 42.4 Å². The second-order valence-electron chi connectivity index (χ2n) is 7.89. The zero-order valence-electron chi connectivity index (χ0n) is 16.5. The number of nitrogens with one attached hydrogen (secondary N) is 1. The molecule has 7 nitrogen and oxygen atoms in total. The van der Waals surface area contributed by atoms with Crippen molar-refractivity contribution in [3.05, 3.63) is 39.6 Å². The highest BCUT2D eigenvalue weighted by Gasteiger charge is 2.47. The molecule has 2 aliphatic heterocycles. The Balaban J connectivity index is 1.67. The molecular formula is C20H19BrF3N5O2. The monoisotopic (exact) mass is 497 g/mol. The van der Waals surface area contributed by atoms with Gasteiger partial charge in [0.2, 0.25) is 0 Å². The number of amides is 2. The summed E-state index contributed by atoms with van der Waals surface area (Å²) in [6, 6.07) is 0.297. The van der Waals surface area contributed by atoms with E-state index < -0.39 is 29.8 Å². The number of anilines is 1. The number of carbonyl (C=O) groups is 1. The Kier molecular flexibility index (Phi) is 5.26. The smallest absolute Gasteiger partial charge is 0.322 e. The highest BCUT2D eigenvalue weighted by atomic mass is 79.9. The van der Waals surface area contributed by atoms with Crippen LogP contribution >= 0.6 is 15.9 Å². The zero-order valence-corrected chi connectivity index (χ0v) is 18.1. The summed E-state index contributed by atoms with van der Waals surface area (Å²) in [5, 5.41) is 17.2. The van der Waals surface area contributed by atoms with Gasteiger partial charge in [-0.2, -0.15) is 13.9 Å². The maximum absolute atomic E-state index is 15.0. The number of halogens is 4. The molecule has 0 radical (unpaired) electrons. The molecule has 0 aromatic carbocycles. The first-order chi connectivity index (χ1) is 14.5. The largest absolute Gasteiger partial charge is 0.376 e. The number of hydrogen-bond donors (Lipinski definition) is 2. The van der Waals surface area contributed by atoms with Crippen LogP contribution in [0.3, 0.4) is 0 Å². The quantitative estimate of drug-likeness (QED) is 0.467. The number of aliphatic hydroxyl groups is 1. The van der Waals surface area contributed by atoms with Gasteiger partial charge in [0.1, 0.15) is 15.9 Å². The molecular weight excluding hydrogens is 479 g/mol. The van der Waals surface area contributed by atoms with Crippen LogP contribution in [-0.2, 0) is 25.4 Å². The van der Waals surface area contributed by atoms with Crippen molar-refractivity contribution in [2.45, 2.75) is 56.8 Å². The standard InChI is InChI=1S/C20H19BrF3N5O2/c1-3-19(31)5-6-20(23,24)16-12-9-28(11(2)8-14(12)27-29(16)10-19)18(30)26-13-4-7-25-17(21)15(13)22/h1,4,7,11,31H,5-6,8-10H2,2H3,(H,25,26,30). The first kappa shape index (κ1) is 21.6. The Morgan fingerprint density at radius 3 is 2.90 bits per heavy atom. The fourth-order valence-corrected chi connectivity index (χ4v) is 4.35. The summed E-state index contributed by atoms with van der Waals surface area (Å²) < 4.78 is 45.2. The van der Waals surface area contributed by atoms with Crippen molar-refractivity contribution in [1.29, 1.82) is 0 Å². The average Bonchev–Trinajstić information content (AvgIpc) is 3.01. The Morgan fingerprint density at radius 1 is 1.45 bits per heavy atom. The van der Waals surface area contributed by atoms with E-state index in [1.165, 1.54) is 17.2 Å². The SMILES string of the molecule is C#CC1(O)CCC(F)(F)c2c3c(nn2C1)CC(C)N(C(=O)Nc1ccnc(Br)c1F)C3. The van der Waals surface area contributed by atoms with E-state index in [4.69, 9.17) is 6.42 Å². The molecule has 0 aliphatic carbocycles. The summed E-state index contributed by atoms with van der Waals surface area (Å²) in [5.74, 6) is -1.81. The molecule has 4 heterocycles. The molecule has 31 heavy (non-hydrogen) atoms. The lowest BCUT2D eigenvalue weighted by molar-refractivity contribution is -0.0301. The Morgan fingerprint density at radius 2 is 2.19 bits per heavy atom. The first-order valence-corrected chi connectivity index (χ1v) is 10.4. The second-order valence-corrected chi connectivity index (χ2v) is 8.64. The van der Waals surface area contributed by atoms with E-state index in [2.05, 4.69) is 37.2 Å². The maximum Gasteiger partial charge on any atom is 0.322 e. The van der Waals surface area contributed by atoms with Gasteiger partial charge >= 0.3 is 6.03 Å². The van der Waals surface area contributed by atoms with Gasteiger partial charge in [-0.25, -0.2) is 14.2 Å². The number of aromatic nitrogens is 3. The van der Waals surface area contributed by atoms with Gasteiger partial charge in [-0.3, -0.25) is 4.68 Å². The number of pyridine rings is 1. The molecule has 2 aliphatic rings. The number of rotatable bonds is 1. The van der Waals surface area contributed by atoms with Gasteiger partial charge in [-0.05, 0) is 35.3 Å². The van der Waals surface area contributed by atoms with E-state index in [-0.39, 0.29) is 53.5 Å². The molecule has 164 valence electrons. The molecule has 0 bridgehead atoms. The maximum atomic E-state index is 15.0. The number of hydrogen-bond acceptors (Lipinski definition) is 4. The molecule has 2 aromatic heterocycles. The van der Waals surface area contributed by atoms with Crippen LogP contribution in [0.2, 0.25) is 0 Å². The summed E-state index contributed by atoms with van der Waals surface area (Å²) in [7, 11) is 0. The fraction of sp³-hybridized carbons (Fsp3) is 0.450. The van der Waals surface area contributed by atoms with Gasteiger partial charge in [0.25, 0.3) is 5.92 Å². The number of fused-ring (bicyclic) bond motifs is 3. The molecule has 2 atom stereocenters. The Bertz CT molecular complexity index is 1100. The molecule has 0 saturated heterocycles. The molecule has 2 N–H and O–H groups in total. The number of alkyl halides is 2. The minimum absolute atomic E-state index is 0.0538. The van der Waals surface area contributed by atoms with Gasteiger partial charge in [0.05, 0.1) is 24.5 Å². The lowest BCUT2D eigenvalue weighted by Crippen LogP contribution is -2.45. The summed E-state index contributed by atoms with van der Waals surface area (Å²) in [6.45, 7) is 1.37. The van der Waals surface area contributed by atoms with Gasteiger partial charge in [-0.15, -0.1) is 6.42 Å².